The van der Waals surface area contributed by atoms with Gasteiger partial charge in [0.05, 0.1) is 5.69 Å². The maximum atomic E-state index is 12.0. The molecule has 0 aliphatic rings. The molecule has 0 aliphatic heterocycles. The lowest BCUT2D eigenvalue weighted by molar-refractivity contribution is 0.301. The Bertz CT molecular complexity index is 1160. The summed E-state index contributed by atoms with van der Waals surface area (Å²) >= 11 is 0. The van der Waals surface area contributed by atoms with Crippen molar-refractivity contribution in [3.63, 3.8) is 0 Å². The van der Waals surface area contributed by atoms with Crippen LogP contribution in [0.15, 0.2) is 74.8 Å². The van der Waals surface area contributed by atoms with E-state index in [-0.39, 0.29) is 12.2 Å². The number of hydrogen-bond donors (Lipinski definition) is 0. The number of hydrogen-bond acceptors (Lipinski definition) is 5. The highest BCUT2D eigenvalue weighted by Gasteiger charge is 2.04. The fourth-order valence-electron chi connectivity index (χ4n) is 2.47. The Labute approximate surface area is 135 Å². The number of aromatic nitrogens is 2. The number of rotatable bonds is 3. The van der Waals surface area contributed by atoms with Crippen LogP contribution in [0.5, 0.6) is 5.75 Å². The van der Waals surface area contributed by atoms with Gasteiger partial charge in [0.2, 0.25) is 0 Å². The minimum Gasteiger partial charge on any atom is -0.487 e. The van der Waals surface area contributed by atoms with Crippen molar-refractivity contribution >= 4 is 16.6 Å². The van der Waals surface area contributed by atoms with Crippen LogP contribution in [0.25, 0.3) is 16.6 Å². The fourth-order valence-corrected chi connectivity index (χ4v) is 2.47. The van der Waals surface area contributed by atoms with Crippen molar-refractivity contribution in [3.8, 4) is 5.75 Å². The van der Waals surface area contributed by atoms with Gasteiger partial charge in [0, 0.05) is 29.8 Å². The molecule has 4 aromatic rings. The average Bonchev–Trinajstić information content (AvgIpc) is 2.59. The highest BCUT2D eigenvalue weighted by Crippen LogP contribution is 2.20. The lowest BCUT2D eigenvalue weighted by atomic mass is 10.2. The molecule has 1 aromatic carbocycles. The minimum atomic E-state index is -0.413. The molecular formula is C18H12N2O4. The smallest absolute Gasteiger partial charge is 0.336 e. The Balaban J connectivity index is 1.63. The van der Waals surface area contributed by atoms with Crippen molar-refractivity contribution in [2.24, 2.45) is 0 Å². The van der Waals surface area contributed by atoms with Crippen LogP contribution in [0.3, 0.4) is 0 Å². The quantitative estimate of drug-likeness (QED) is 0.542. The van der Waals surface area contributed by atoms with Gasteiger partial charge in [-0.05, 0) is 30.3 Å². The number of fused-ring (bicyclic) bond motifs is 2. The van der Waals surface area contributed by atoms with Gasteiger partial charge in [-0.1, -0.05) is 6.07 Å². The summed E-state index contributed by atoms with van der Waals surface area (Å²) in [5, 5.41) is 0.809. The average molecular weight is 320 g/mol. The highest BCUT2D eigenvalue weighted by molar-refractivity contribution is 5.77. The molecule has 6 nitrogen and oxygen atoms in total. The van der Waals surface area contributed by atoms with Gasteiger partial charge in [-0.2, -0.15) is 0 Å². The molecule has 24 heavy (non-hydrogen) atoms. The zero-order valence-corrected chi connectivity index (χ0v) is 12.5. The second kappa shape index (κ2) is 5.66. The Morgan fingerprint density at radius 3 is 2.83 bits per heavy atom. The molecule has 0 saturated carbocycles. The molecule has 0 amide bonds. The van der Waals surface area contributed by atoms with Crippen LogP contribution in [0.4, 0.5) is 0 Å². The van der Waals surface area contributed by atoms with Gasteiger partial charge < -0.3 is 9.15 Å². The lowest BCUT2D eigenvalue weighted by Crippen LogP contribution is -2.16. The molecule has 0 saturated heterocycles. The van der Waals surface area contributed by atoms with E-state index < -0.39 is 5.63 Å². The third kappa shape index (κ3) is 2.65. The number of benzene rings is 1. The molecule has 0 aliphatic carbocycles. The van der Waals surface area contributed by atoms with Crippen LogP contribution >= 0.6 is 0 Å². The van der Waals surface area contributed by atoms with E-state index in [9.17, 15) is 9.59 Å². The van der Waals surface area contributed by atoms with Crippen LogP contribution < -0.4 is 15.9 Å². The summed E-state index contributed by atoms with van der Waals surface area (Å²) < 4.78 is 12.3. The zero-order valence-electron chi connectivity index (χ0n) is 12.5. The summed E-state index contributed by atoms with van der Waals surface area (Å²) in [6.07, 6.45) is 1.67. The first-order valence-electron chi connectivity index (χ1n) is 7.33. The van der Waals surface area contributed by atoms with Crippen LogP contribution in [0.2, 0.25) is 0 Å². The van der Waals surface area contributed by atoms with Gasteiger partial charge in [0.1, 0.15) is 23.6 Å². The molecule has 118 valence electrons. The van der Waals surface area contributed by atoms with E-state index >= 15 is 0 Å². The SMILES string of the molecule is O=c1ccc2ccc(OCc3cc(=O)n4ccccc4n3)cc2o1. The summed E-state index contributed by atoms with van der Waals surface area (Å²) in [7, 11) is 0. The largest absolute Gasteiger partial charge is 0.487 e. The molecule has 4 rings (SSSR count). The van der Waals surface area contributed by atoms with E-state index in [0.29, 0.717) is 22.7 Å². The second-order valence-corrected chi connectivity index (χ2v) is 5.26. The second-order valence-electron chi connectivity index (χ2n) is 5.26. The van der Waals surface area contributed by atoms with E-state index in [0.717, 1.165) is 5.39 Å². The van der Waals surface area contributed by atoms with Crippen LogP contribution in [-0.2, 0) is 6.61 Å². The van der Waals surface area contributed by atoms with E-state index in [1.165, 1.54) is 16.5 Å². The van der Waals surface area contributed by atoms with Crippen LogP contribution in [0, 0.1) is 0 Å². The molecule has 0 N–H and O–H groups in total. The predicted octanol–water partition coefficient (Wildman–Crippen LogP) is 2.38. The normalized spacial score (nSPS) is 11.0. The Morgan fingerprint density at radius 1 is 1.04 bits per heavy atom. The molecule has 0 radical (unpaired) electrons. The van der Waals surface area contributed by atoms with Crippen molar-refractivity contribution in [3.05, 3.63) is 87.3 Å². The monoisotopic (exact) mass is 320 g/mol. The molecule has 3 heterocycles. The number of nitrogens with zero attached hydrogens (tertiary/aromatic N) is 2. The first-order valence-corrected chi connectivity index (χ1v) is 7.33. The standard InChI is InChI=1S/C18H12N2O4/c21-17-9-13(19-16-3-1-2-8-20(16)17)11-23-14-6-4-12-5-7-18(22)24-15(12)10-14/h1-10H,11H2. The maximum Gasteiger partial charge on any atom is 0.336 e. The Hall–Kier alpha value is -3.41. The van der Waals surface area contributed by atoms with Crippen molar-refractivity contribution in [1.29, 1.82) is 0 Å². The molecule has 0 atom stereocenters. The van der Waals surface area contributed by atoms with Crippen molar-refractivity contribution in [2.45, 2.75) is 6.61 Å². The van der Waals surface area contributed by atoms with Gasteiger partial charge >= 0.3 is 5.63 Å². The van der Waals surface area contributed by atoms with E-state index in [1.54, 1.807) is 42.6 Å². The van der Waals surface area contributed by atoms with Gasteiger partial charge in [-0.15, -0.1) is 0 Å². The van der Waals surface area contributed by atoms with Crippen LogP contribution in [-0.4, -0.2) is 9.38 Å². The number of ether oxygens (including phenoxy) is 1. The lowest BCUT2D eigenvalue weighted by Gasteiger charge is -2.07. The van der Waals surface area contributed by atoms with E-state index in [1.807, 2.05) is 6.07 Å². The molecule has 0 fully saturated rings. The topological polar surface area (TPSA) is 73.8 Å². The van der Waals surface area contributed by atoms with Crippen LogP contribution in [0.1, 0.15) is 5.69 Å². The summed E-state index contributed by atoms with van der Waals surface area (Å²) in [6, 6.07) is 15.1. The first-order chi connectivity index (χ1) is 11.7. The molecule has 0 bridgehead atoms. The van der Waals surface area contributed by atoms with Gasteiger partial charge in [0.25, 0.3) is 5.56 Å². The number of pyridine rings is 1. The molecular weight excluding hydrogens is 308 g/mol. The molecule has 6 heteroatoms. The van der Waals surface area contributed by atoms with E-state index in [4.69, 9.17) is 9.15 Å². The zero-order chi connectivity index (χ0) is 16.5. The van der Waals surface area contributed by atoms with Gasteiger partial charge in [-0.25, -0.2) is 9.78 Å². The maximum absolute atomic E-state index is 12.0. The first kappa shape index (κ1) is 14.2. The van der Waals surface area contributed by atoms with Gasteiger partial charge in [0.15, 0.2) is 0 Å². The van der Waals surface area contributed by atoms with Crippen molar-refractivity contribution in [1.82, 2.24) is 9.38 Å². The summed E-state index contributed by atoms with van der Waals surface area (Å²) in [6.45, 7) is 0.142. The predicted molar refractivity (Wildman–Crippen MR) is 88.3 cm³/mol. The van der Waals surface area contributed by atoms with Crippen molar-refractivity contribution < 1.29 is 9.15 Å². The third-order valence-electron chi connectivity index (χ3n) is 3.61. The summed E-state index contributed by atoms with van der Waals surface area (Å²) in [5.41, 5.74) is 0.966. The molecule has 3 aromatic heterocycles. The minimum absolute atomic E-state index is 0.142. The Kier molecular flexibility index (Phi) is 3.35. The molecule has 0 spiro atoms. The summed E-state index contributed by atoms with van der Waals surface area (Å²) in [4.78, 5) is 27.7. The third-order valence-corrected chi connectivity index (χ3v) is 3.61. The van der Waals surface area contributed by atoms with Gasteiger partial charge in [-0.3, -0.25) is 9.20 Å². The fraction of sp³-hybridized carbons (Fsp3) is 0.0556. The van der Waals surface area contributed by atoms with Crippen molar-refractivity contribution in [2.75, 3.05) is 0 Å². The molecule has 0 unspecified atom stereocenters. The van der Waals surface area contributed by atoms with E-state index in [2.05, 4.69) is 4.98 Å². The highest BCUT2D eigenvalue weighted by atomic mass is 16.5. The Morgan fingerprint density at radius 2 is 1.92 bits per heavy atom. The summed E-state index contributed by atoms with van der Waals surface area (Å²) in [5.74, 6) is 0.534.